The number of hydrogen-bond acceptors (Lipinski definition) is 1. The van der Waals surface area contributed by atoms with Crippen LogP contribution >= 0.6 is 0 Å². The van der Waals surface area contributed by atoms with Crippen LogP contribution in [0, 0.1) is 0 Å². The zero-order valence-electron chi connectivity index (χ0n) is 6.32. The molecule has 0 aromatic rings. The Bertz CT molecular complexity index is 194. The molecule has 0 unspecified atom stereocenters. The molecule has 3 heteroatoms. The van der Waals surface area contributed by atoms with Gasteiger partial charge in [0.1, 0.15) is 0 Å². The van der Waals surface area contributed by atoms with E-state index in [-0.39, 0.29) is 0 Å². The summed E-state index contributed by atoms with van der Waals surface area (Å²) in [6.45, 7) is 8.34. The van der Waals surface area contributed by atoms with Gasteiger partial charge in [-0.3, -0.25) is 0 Å². The van der Waals surface area contributed by atoms with Crippen molar-refractivity contribution in [3.8, 4) is 0 Å². The van der Waals surface area contributed by atoms with E-state index < -0.39 is 5.83 Å². The number of allylic oxidation sites excluding steroid dienone is 2. The van der Waals surface area contributed by atoms with Crippen LogP contribution in [0.25, 0.3) is 0 Å². The van der Waals surface area contributed by atoms with Crippen molar-refractivity contribution in [1.82, 2.24) is 0 Å². The normalized spacial score (nSPS) is 12.7. The molecule has 0 spiro atoms. The predicted molar refractivity (Wildman–Crippen MR) is 44.8 cm³/mol. The zero-order chi connectivity index (χ0) is 8.15. The summed E-state index contributed by atoms with van der Waals surface area (Å²) in [6.07, 6.45) is 1.30. The van der Waals surface area contributed by atoms with E-state index in [4.69, 9.17) is 5.73 Å². The Kier molecular flexibility index (Phi) is 3.69. The molecule has 0 aliphatic rings. The van der Waals surface area contributed by atoms with E-state index in [2.05, 4.69) is 6.58 Å². The molecule has 0 aromatic heterocycles. The maximum absolute atomic E-state index is 12.1. The van der Waals surface area contributed by atoms with Crippen molar-refractivity contribution in [3.63, 3.8) is 0 Å². The van der Waals surface area contributed by atoms with E-state index in [1.54, 1.807) is 20.7 Å². The van der Waals surface area contributed by atoms with E-state index in [9.17, 15) is 4.39 Å². The summed E-state index contributed by atoms with van der Waals surface area (Å²) < 4.78 is 12.1. The Morgan fingerprint density at radius 1 is 1.70 bits per heavy atom. The second-order valence-corrected chi connectivity index (χ2v) is 2.02. The molecule has 1 nitrogen and oxygen atoms in total. The Balaban J connectivity index is 4.35. The minimum atomic E-state index is -0.470. The molecule has 2 N–H and O–H groups in total. The van der Waals surface area contributed by atoms with Gasteiger partial charge >= 0.3 is 60.4 Å². The molecule has 0 saturated carbocycles. The first-order chi connectivity index (χ1) is 4.57. The first kappa shape index (κ1) is 9.14. The molecule has 0 atom stereocenters. The van der Waals surface area contributed by atoms with Crippen LogP contribution in [0.4, 0.5) is 4.39 Å². The monoisotopic (exact) mass is 139 g/mol. The third kappa shape index (κ3) is 3.23. The molecule has 0 aromatic carbocycles. The predicted octanol–water partition coefficient (Wildman–Crippen LogP) is 1.26. The average molecular weight is 139 g/mol. The van der Waals surface area contributed by atoms with Gasteiger partial charge in [0.15, 0.2) is 0 Å². The second-order valence-electron chi connectivity index (χ2n) is 2.02. The van der Waals surface area contributed by atoms with Crippen LogP contribution < -0.4 is 5.73 Å². The van der Waals surface area contributed by atoms with Crippen molar-refractivity contribution in [1.29, 1.82) is 0 Å². The maximum atomic E-state index is 12.1. The summed E-state index contributed by atoms with van der Waals surface area (Å²) in [5, 5.41) is 0. The van der Waals surface area contributed by atoms with Crippen molar-refractivity contribution in [3.05, 3.63) is 24.1 Å². The van der Waals surface area contributed by atoms with Gasteiger partial charge in [0.2, 0.25) is 0 Å². The Morgan fingerprint density at radius 3 is 2.50 bits per heavy atom. The summed E-state index contributed by atoms with van der Waals surface area (Å²) in [4.78, 5) is 0. The van der Waals surface area contributed by atoms with E-state index in [0.29, 0.717) is 11.2 Å². The molecule has 10 heavy (non-hydrogen) atoms. The molecular weight excluding hydrogens is 128 g/mol. The number of halogens is 1. The fourth-order valence-corrected chi connectivity index (χ4v) is 0.546. The van der Waals surface area contributed by atoms with Gasteiger partial charge in [-0.05, 0) is 0 Å². The van der Waals surface area contributed by atoms with Crippen molar-refractivity contribution < 1.29 is 4.39 Å². The van der Waals surface area contributed by atoms with Gasteiger partial charge in [0.25, 0.3) is 0 Å². The van der Waals surface area contributed by atoms with Crippen molar-refractivity contribution in [2.75, 3.05) is 0 Å². The SMILES string of the molecule is C=C(F)/C=C(C)/C(N)=B\C. The Morgan fingerprint density at radius 2 is 2.20 bits per heavy atom. The van der Waals surface area contributed by atoms with Gasteiger partial charge in [-0.15, -0.1) is 0 Å². The number of rotatable bonds is 2. The van der Waals surface area contributed by atoms with Crippen molar-refractivity contribution in [2.45, 2.75) is 13.7 Å². The molecule has 0 rings (SSSR count). The molecule has 0 saturated heterocycles. The Hall–Kier alpha value is -0.855. The van der Waals surface area contributed by atoms with Crippen LogP contribution in [0.2, 0.25) is 6.82 Å². The molecular formula is C7H11BFN. The van der Waals surface area contributed by atoms with Gasteiger partial charge in [0, 0.05) is 0 Å². The summed E-state index contributed by atoms with van der Waals surface area (Å²) in [7, 11) is 0. The van der Waals surface area contributed by atoms with Crippen molar-refractivity contribution >= 4 is 12.5 Å². The van der Waals surface area contributed by atoms with Gasteiger partial charge in [0.05, 0.1) is 0 Å². The van der Waals surface area contributed by atoms with Gasteiger partial charge < -0.3 is 0 Å². The Labute approximate surface area is 61.3 Å². The third-order valence-electron chi connectivity index (χ3n) is 1.14. The first-order valence-corrected chi connectivity index (χ1v) is 3.02. The van der Waals surface area contributed by atoms with Crippen LogP contribution in [-0.4, -0.2) is 12.5 Å². The van der Waals surface area contributed by atoms with Crippen LogP contribution in [0.5, 0.6) is 0 Å². The molecule has 0 radical (unpaired) electrons. The minimum absolute atomic E-state index is 0.470. The third-order valence-corrected chi connectivity index (χ3v) is 1.14. The molecule has 0 aliphatic carbocycles. The molecule has 0 heterocycles. The van der Waals surface area contributed by atoms with E-state index in [1.807, 2.05) is 0 Å². The van der Waals surface area contributed by atoms with Crippen molar-refractivity contribution in [2.24, 2.45) is 5.73 Å². The molecule has 54 valence electrons. The fourth-order valence-electron chi connectivity index (χ4n) is 0.546. The molecule has 0 aliphatic heterocycles. The van der Waals surface area contributed by atoms with Gasteiger partial charge in [-0.1, -0.05) is 0 Å². The quantitative estimate of drug-likeness (QED) is 0.452. The zero-order valence-corrected chi connectivity index (χ0v) is 6.32. The fraction of sp³-hybridized carbons (Fsp3) is 0.286. The molecule has 0 fully saturated rings. The van der Waals surface area contributed by atoms with E-state index in [1.165, 1.54) is 6.08 Å². The van der Waals surface area contributed by atoms with Gasteiger partial charge in [-0.2, -0.15) is 0 Å². The van der Waals surface area contributed by atoms with Crippen LogP contribution in [-0.2, 0) is 0 Å². The summed E-state index contributed by atoms with van der Waals surface area (Å²) in [5.41, 5.74) is 6.74. The van der Waals surface area contributed by atoms with Crippen LogP contribution in [0.3, 0.4) is 0 Å². The number of hydrogen-bond donors (Lipinski definition) is 1. The standard InChI is InChI=1S/C7H11BFN/c1-5(4-6(2)9)7(10)8-3/h4H,2,10H2,1,3H3/b5-4+. The molecule has 0 bridgehead atoms. The average Bonchev–Trinajstić information content (AvgIpc) is 1.85. The van der Waals surface area contributed by atoms with Gasteiger partial charge in [-0.25, -0.2) is 0 Å². The van der Waals surface area contributed by atoms with Crippen LogP contribution in [0.1, 0.15) is 6.92 Å². The summed E-state index contributed by atoms with van der Waals surface area (Å²) in [5.74, 6) is -0.470. The van der Waals surface area contributed by atoms with E-state index >= 15 is 0 Å². The summed E-state index contributed by atoms with van der Waals surface area (Å²) in [6, 6.07) is 0. The number of nitrogens with two attached hydrogens (primary N) is 1. The summed E-state index contributed by atoms with van der Waals surface area (Å²) >= 11 is 0. The molecule has 0 amide bonds. The van der Waals surface area contributed by atoms with E-state index in [0.717, 1.165) is 0 Å². The second kappa shape index (κ2) is 4.04. The van der Waals surface area contributed by atoms with Crippen LogP contribution in [0.15, 0.2) is 24.1 Å². The first-order valence-electron chi connectivity index (χ1n) is 3.02. The topological polar surface area (TPSA) is 26.0 Å².